The van der Waals surface area contributed by atoms with E-state index in [-0.39, 0.29) is 0 Å². The molecule has 0 aliphatic carbocycles. The van der Waals surface area contributed by atoms with E-state index in [1.807, 2.05) is 33.9 Å². The maximum Gasteiger partial charge on any atom is 0.0958 e. The normalized spacial score (nSPS) is 13.4. The number of thioether (sulfide) groups is 1. The summed E-state index contributed by atoms with van der Waals surface area (Å²) in [7, 11) is 0. The topological polar surface area (TPSA) is 16.1 Å². The Labute approximate surface area is 111 Å². The molecule has 0 saturated carbocycles. The first-order valence-corrected chi connectivity index (χ1v) is 7.87. The second-order valence-electron chi connectivity index (χ2n) is 3.25. The van der Waals surface area contributed by atoms with Gasteiger partial charge in [-0.25, -0.2) is 4.98 Å². The molecule has 1 aliphatic rings. The van der Waals surface area contributed by atoms with Crippen molar-refractivity contribution in [3.05, 3.63) is 18.3 Å². The largest absolute Gasteiger partial charge is 0.370 e. The van der Waals surface area contributed by atoms with Crippen molar-refractivity contribution in [3.63, 3.8) is 0 Å². The van der Waals surface area contributed by atoms with Gasteiger partial charge < -0.3 is 4.90 Å². The van der Waals surface area contributed by atoms with Gasteiger partial charge in [0.05, 0.1) is 16.9 Å². The first-order chi connectivity index (χ1) is 8.40. The Balaban J connectivity index is 0.000000581. The molecule has 0 spiro atoms. The number of nitrogens with zero attached hydrogens (tertiary/aromatic N) is 2. The second-order valence-corrected chi connectivity index (χ2v) is 4.08. The van der Waals surface area contributed by atoms with Crippen molar-refractivity contribution >= 4 is 17.4 Å². The van der Waals surface area contributed by atoms with Crippen LogP contribution < -0.4 is 4.90 Å². The van der Waals surface area contributed by atoms with Crippen LogP contribution in [0.3, 0.4) is 0 Å². The standard InChI is InChI=1S/C10H14N2S.2C2H6/c1-13-10-5-4-9(8-11-10)12-6-2-3-7-12;2*1-2/h4-5,8H,2-3,6-7H2,1H3;2*1-2H3. The van der Waals surface area contributed by atoms with Crippen LogP contribution in [0.5, 0.6) is 0 Å². The van der Waals surface area contributed by atoms with Crippen molar-refractivity contribution in [3.8, 4) is 0 Å². The number of hydrogen-bond acceptors (Lipinski definition) is 3. The van der Waals surface area contributed by atoms with E-state index in [1.54, 1.807) is 11.8 Å². The Bertz CT molecular complexity index is 266. The summed E-state index contributed by atoms with van der Waals surface area (Å²) in [6, 6.07) is 4.27. The van der Waals surface area contributed by atoms with Gasteiger partial charge in [-0.3, -0.25) is 0 Å². The third kappa shape index (κ3) is 5.44. The molecule has 0 bridgehead atoms. The molecule has 2 nitrogen and oxygen atoms in total. The van der Waals surface area contributed by atoms with Crippen molar-refractivity contribution in [1.82, 2.24) is 4.98 Å². The molecule has 17 heavy (non-hydrogen) atoms. The summed E-state index contributed by atoms with van der Waals surface area (Å²) in [5.41, 5.74) is 1.27. The second kappa shape index (κ2) is 10.5. The molecule has 1 aromatic rings. The smallest absolute Gasteiger partial charge is 0.0958 e. The highest BCUT2D eigenvalue weighted by Gasteiger charge is 2.11. The third-order valence-electron chi connectivity index (χ3n) is 2.40. The van der Waals surface area contributed by atoms with Gasteiger partial charge in [0, 0.05) is 13.1 Å². The van der Waals surface area contributed by atoms with Crippen LogP contribution in [0, 0.1) is 0 Å². The van der Waals surface area contributed by atoms with Crippen LogP contribution >= 0.6 is 11.8 Å². The van der Waals surface area contributed by atoms with Crippen LogP contribution in [0.4, 0.5) is 5.69 Å². The molecule has 1 fully saturated rings. The maximum absolute atomic E-state index is 4.36. The number of rotatable bonds is 2. The van der Waals surface area contributed by atoms with Crippen molar-refractivity contribution in [2.24, 2.45) is 0 Å². The lowest BCUT2D eigenvalue weighted by atomic mass is 10.4. The fraction of sp³-hybridized carbons (Fsp3) is 0.643. The third-order valence-corrected chi connectivity index (χ3v) is 3.06. The van der Waals surface area contributed by atoms with Crippen LogP contribution in [0.25, 0.3) is 0 Å². The molecule has 98 valence electrons. The first-order valence-electron chi connectivity index (χ1n) is 6.65. The minimum absolute atomic E-state index is 1.10. The molecule has 0 unspecified atom stereocenters. The van der Waals surface area contributed by atoms with Gasteiger partial charge in [0.1, 0.15) is 0 Å². The monoisotopic (exact) mass is 254 g/mol. The molecule has 0 atom stereocenters. The Morgan fingerprint density at radius 1 is 1.06 bits per heavy atom. The first kappa shape index (κ1) is 16.3. The number of aromatic nitrogens is 1. The average Bonchev–Trinajstić information content (AvgIpc) is 2.97. The minimum atomic E-state index is 1.10. The SMILES string of the molecule is CC.CC.CSc1ccc(N2CCCC2)cn1. The number of hydrogen-bond donors (Lipinski definition) is 0. The van der Waals surface area contributed by atoms with Gasteiger partial charge in [-0.1, -0.05) is 27.7 Å². The summed E-state index contributed by atoms with van der Waals surface area (Å²) < 4.78 is 0. The predicted octanol–water partition coefficient (Wildman–Crippen LogP) is 4.46. The van der Waals surface area contributed by atoms with Crippen molar-refractivity contribution < 1.29 is 0 Å². The number of anilines is 1. The van der Waals surface area contributed by atoms with Crippen molar-refractivity contribution in [1.29, 1.82) is 0 Å². The van der Waals surface area contributed by atoms with E-state index >= 15 is 0 Å². The van der Waals surface area contributed by atoms with Gasteiger partial charge in [-0.15, -0.1) is 11.8 Å². The van der Waals surface area contributed by atoms with E-state index in [2.05, 4.69) is 28.3 Å². The lowest BCUT2D eigenvalue weighted by molar-refractivity contribution is 0.949. The molecule has 3 heteroatoms. The van der Waals surface area contributed by atoms with Gasteiger partial charge in [0.2, 0.25) is 0 Å². The summed E-state index contributed by atoms with van der Waals surface area (Å²) in [5.74, 6) is 0. The molecule has 1 aromatic heterocycles. The van der Waals surface area contributed by atoms with Crippen LogP contribution in [0.1, 0.15) is 40.5 Å². The van der Waals surface area contributed by atoms with Gasteiger partial charge in [0.15, 0.2) is 0 Å². The van der Waals surface area contributed by atoms with E-state index in [0.29, 0.717) is 0 Å². The molecule has 0 N–H and O–H groups in total. The quantitative estimate of drug-likeness (QED) is 0.725. The maximum atomic E-state index is 4.36. The molecule has 1 saturated heterocycles. The zero-order chi connectivity index (χ0) is 13.1. The average molecular weight is 254 g/mol. The Morgan fingerprint density at radius 2 is 1.65 bits per heavy atom. The minimum Gasteiger partial charge on any atom is -0.370 e. The predicted molar refractivity (Wildman–Crippen MR) is 80.2 cm³/mol. The van der Waals surface area contributed by atoms with Gasteiger partial charge in [-0.05, 0) is 31.2 Å². The zero-order valence-electron chi connectivity index (χ0n) is 11.9. The van der Waals surface area contributed by atoms with Crippen LogP contribution in [0.15, 0.2) is 23.4 Å². The van der Waals surface area contributed by atoms with E-state index in [9.17, 15) is 0 Å². The zero-order valence-corrected chi connectivity index (χ0v) is 12.7. The molecule has 2 heterocycles. The van der Waals surface area contributed by atoms with E-state index in [0.717, 1.165) is 5.03 Å². The lowest BCUT2D eigenvalue weighted by Gasteiger charge is -2.16. The van der Waals surface area contributed by atoms with E-state index < -0.39 is 0 Å². The summed E-state index contributed by atoms with van der Waals surface area (Å²) in [6.45, 7) is 10.4. The van der Waals surface area contributed by atoms with Gasteiger partial charge >= 0.3 is 0 Å². The Kier molecular flexibility index (Phi) is 10.0. The Hall–Kier alpha value is -0.700. The summed E-state index contributed by atoms with van der Waals surface area (Å²) in [6.07, 6.45) is 6.68. The fourth-order valence-corrected chi connectivity index (χ4v) is 2.02. The summed E-state index contributed by atoms with van der Waals surface area (Å²) in [4.78, 5) is 6.76. The van der Waals surface area contributed by atoms with Gasteiger partial charge in [0.25, 0.3) is 0 Å². The van der Waals surface area contributed by atoms with Crippen LogP contribution in [0.2, 0.25) is 0 Å². The molecular formula is C14H26N2S. The highest BCUT2D eigenvalue weighted by atomic mass is 32.2. The molecule has 2 rings (SSSR count). The molecule has 0 radical (unpaired) electrons. The highest BCUT2D eigenvalue weighted by Crippen LogP contribution is 2.21. The molecule has 0 aromatic carbocycles. The molecular weight excluding hydrogens is 228 g/mol. The van der Waals surface area contributed by atoms with E-state index in [1.165, 1.54) is 31.6 Å². The van der Waals surface area contributed by atoms with Crippen LogP contribution in [-0.2, 0) is 0 Å². The molecule has 0 amide bonds. The highest BCUT2D eigenvalue weighted by molar-refractivity contribution is 7.98. The molecule has 1 aliphatic heterocycles. The number of pyridine rings is 1. The summed E-state index contributed by atoms with van der Waals surface area (Å²) >= 11 is 1.69. The summed E-state index contributed by atoms with van der Waals surface area (Å²) in [5, 5.41) is 1.10. The fourth-order valence-electron chi connectivity index (χ4n) is 1.66. The van der Waals surface area contributed by atoms with Gasteiger partial charge in [-0.2, -0.15) is 0 Å². The van der Waals surface area contributed by atoms with Crippen LogP contribution in [-0.4, -0.2) is 24.3 Å². The van der Waals surface area contributed by atoms with Crippen molar-refractivity contribution in [2.75, 3.05) is 24.2 Å². The van der Waals surface area contributed by atoms with Crippen molar-refractivity contribution in [2.45, 2.75) is 45.6 Å². The lowest BCUT2D eigenvalue weighted by Crippen LogP contribution is -2.17. The Morgan fingerprint density at radius 3 is 2.06 bits per heavy atom. The van der Waals surface area contributed by atoms with E-state index in [4.69, 9.17) is 0 Å².